The maximum absolute atomic E-state index is 14.0. The normalized spacial score (nSPS) is 13.2. The Labute approximate surface area is 169 Å². The van der Waals surface area contributed by atoms with Gasteiger partial charge in [0.05, 0.1) is 5.56 Å². The van der Waals surface area contributed by atoms with Gasteiger partial charge in [-0.15, -0.1) is 0 Å². The summed E-state index contributed by atoms with van der Waals surface area (Å²) >= 11 is 0. The van der Waals surface area contributed by atoms with Crippen molar-refractivity contribution in [1.29, 1.82) is 0 Å². The molecule has 30 heavy (non-hydrogen) atoms. The lowest BCUT2D eigenvalue weighted by Crippen LogP contribution is -2.07. The molecule has 5 rings (SSSR count). The smallest absolute Gasteiger partial charge is 0.361 e. The van der Waals surface area contributed by atoms with Crippen LogP contribution in [-0.2, 0) is 6.18 Å². The number of aromatic nitrogens is 2. The number of benzene rings is 3. The summed E-state index contributed by atoms with van der Waals surface area (Å²) < 4.78 is 53.2. The third-order valence-corrected chi connectivity index (χ3v) is 5.49. The van der Waals surface area contributed by atoms with Crippen LogP contribution in [0.15, 0.2) is 79.1 Å². The minimum atomic E-state index is -4.40. The summed E-state index contributed by atoms with van der Waals surface area (Å²) in [5.74, 6) is -0.743. The van der Waals surface area contributed by atoms with Gasteiger partial charge < -0.3 is 9.97 Å². The van der Waals surface area contributed by atoms with Crippen LogP contribution < -0.4 is 0 Å². The van der Waals surface area contributed by atoms with Crippen molar-refractivity contribution < 1.29 is 17.6 Å². The zero-order valence-electron chi connectivity index (χ0n) is 15.6. The minimum Gasteiger partial charge on any atom is -0.361 e. The van der Waals surface area contributed by atoms with Gasteiger partial charge in [-0.3, -0.25) is 0 Å². The van der Waals surface area contributed by atoms with Crippen molar-refractivity contribution in [3.05, 3.63) is 107 Å². The molecule has 5 aromatic rings. The number of alkyl halides is 3. The first kappa shape index (κ1) is 18.5. The van der Waals surface area contributed by atoms with Gasteiger partial charge in [-0.25, -0.2) is 4.39 Å². The van der Waals surface area contributed by atoms with Crippen LogP contribution in [0.3, 0.4) is 0 Å². The van der Waals surface area contributed by atoms with Gasteiger partial charge in [0.25, 0.3) is 0 Å². The maximum Gasteiger partial charge on any atom is 0.416 e. The van der Waals surface area contributed by atoms with E-state index in [1.807, 2.05) is 30.5 Å². The van der Waals surface area contributed by atoms with E-state index in [1.54, 1.807) is 12.3 Å². The molecule has 1 atom stereocenters. The van der Waals surface area contributed by atoms with E-state index in [9.17, 15) is 17.6 Å². The lowest BCUT2D eigenvalue weighted by Gasteiger charge is -2.18. The highest BCUT2D eigenvalue weighted by molar-refractivity contribution is 5.89. The van der Waals surface area contributed by atoms with E-state index in [1.165, 1.54) is 24.3 Å². The maximum atomic E-state index is 14.0. The summed E-state index contributed by atoms with van der Waals surface area (Å²) in [6.45, 7) is 0. The highest BCUT2D eigenvalue weighted by Crippen LogP contribution is 2.40. The summed E-state index contributed by atoms with van der Waals surface area (Å²) in [4.78, 5) is 6.39. The summed E-state index contributed by atoms with van der Waals surface area (Å²) in [5.41, 5.74) is 3.40. The molecule has 3 aromatic carbocycles. The summed E-state index contributed by atoms with van der Waals surface area (Å²) in [6.07, 6.45) is -0.738. The molecular formula is C24H16F4N2. The SMILES string of the molecule is Fc1ccc2[nH]cc(C(c3ccc(C(F)(F)F)cc3)c3c[nH]c4ccccc34)c2c1. The van der Waals surface area contributed by atoms with Crippen LogP contribution in [0.4, 0.5) is 17.6 Å². The number of aromatic amines is 2. The molecule has 0 radical (unpaired) electrons. The van der Waals surface area contributed by atoms with Crippen LogP contribution in [0.1, 0.15) is 28.2 Å². The van der Waals surface area contributed by atoms with Crippen molar-refractivity contribution in [3.8, 4) is 0 Å². The van der Waals surface area contributed by atoms with Gasteiger partial charge in [0.1, 0.15) is 5.82 Å². The fourth-order valence-electron chi connectivity index (χ4n) is 4.08. The number of fused-ring (bicyclic) bond motifs is 2. The molecule has 0 spiro atoms. The second-order valence-corrected chi connectivity index (χ2v) is 7.28. The predicted molar refractivity (Wildman–Crippen MR) is 109 cm³/mol. The Kier molecular flexibility index (Phi) is 4.17. The Morgan fingerprint density at radius 2 is 1.33 bits per heavy atom. The average molecular weight is 408 g/mol. The van der Waals surface area contributed by atoms with E-state index < -0.39 is 11.7 Å². The number of hydrogen-bond acceptors (Lipinski definition) is 0. The van der Waals surface area contributed by atoms with Gasteiger partial charge in [0.15, 0.2) is 0 Å². The molecule has 0 aliphatic heterocycles. The standard InChI is InChI=1S/C24H16F4N2/c25-16-9-10-22-18(11-16)20(13-30-22)23(14-5-7-15(8-6-14)24(26,27)28)19-12-29-21-4-2-1-3-17(19)21/h1-13,23,29-30H. The van der Waals surface area contributed by atoms with E-state index in [2.05, 4.69) is 9.97 Å². The van der Waals surface area contributed by atoms with Crippen LogP contribution >= 0.6 is 0 Å². The van der Waals surface area contributed by atoms with Crippen molar-refractivity contribution >= 4 is 21.8 Å². The second kappa shape index (κ2) is 6.76. The van der Waals surface area contributed by atoms with Crippen molar-refractivity contribution in [1.82, 2.24) is 9.97 Å². The van der Waals surface area contributed by atoms with Crippen LogP contribution in [0.25, 0.3) is 21.8 Å². The molecule has 6 heteroatoms. The fourth-order valence-corrected chi connectivity index (χ4v) is 4.08. The Morgan fingerprint density at radius 3 is 2.03 bits per heavy atom. The number of H-pyrrole nitrogens is 2. The Bertz CT molecular complexity index is 1340. The quantitative estimate of drug-likeness (QED) is 0.302. The van der Waals surface area contributed by atoms with Gasteiger partial charge >= 0.3 is 6.18 Å². The number of hydrogen-bond donors (Lipinski definition) is 2. The molecule has 0 aliphatic carbocycles. The van der Waals surface area contributed by atoms with Crippen LogP contribution in [0.2, 0.25) is 0 Å². The molecule has 2 N–H and O–H groups in total. The number of rotatable bonds is 3. The molecule has 0 bridgehead atoms. The minimum absolute atomic E-state index is 0.367. The van der Waals surface area contributed by atoms with E-state index >= 15 is 0 Å². The molecule has 1 unspecified atom stereocenters. The third kappa shape index (κ3) is 3.05. The summed E-state index contributed by atoms with van der Waals surface area (Å²) in [7, 11) is 0. The highest BCUT2D eigenvalue weighted by atomic mass is 19.4. The van der Waals surface area contributed by atoms with Crippen LogP contribution in [0, 0.1) is 5.82 Å². The summed E-state index contributed by atoms with van der Waals surface area (Å²) in [6, 6.07) is 17.4. The topological polar surface area (TPSA) is 31.6 Å². The zero-order chi connectivity index (χ0) is 20.9. The Hall–Kier alpha value is -3.54. The molecule has 0 saturated carbocycles. The van der Waals surface area contributed by atoms with Crippen LogP contribution in [-0.4, -0.2) is 9.97 Å². The fraction of sp³-hybridized carbons (Fsp3) is 0.0833. The third-order valence-electron chi connectivity index (χ3n) is 5.49. The van der Waals surface area contributed by atoms with Gasteiger partial charge in [-0.2, -0.15) is 13.2 Å². The van der Waals surface area contributed by atoms with E-state index in [-0.39, 0.29) is 11.7 Å². The van der Waals surface area contributed by atoms with Gasteiger partial charge in [0, 0.05) is 40.1 Å². The first-order valence-corrected chi connectivity index (χ1v) is 9.41. The number of nitrogens with one attached hydrogen (secondary N) is 2. The molecule has 150 valence electrons. The number of para-hydroxylation sites is 1. The summed E-state index contributed by atoms with van der Waals surface area (Å²) in [5, 5.41) is 1.67. The average Bonchev–Trinajstić information content (AvgIpc) is 3.33. The van der Waals surface area contributed by atoms with Crippen molar-refractivity contribution in [2.75, 3.05) is 0 Å². The second-order valence-electron chi connectivity index (χ2n) is 7.28. The van der Waals surface area contributed by atoms with Crippen molar-refractivity contribution in [3.63, 3.8) is 0 Å². The molecule has 0 fully saturated rings. The molecule has 2 aromatic heterocycles. The Morgan fingerprint density at radius 1 is 0.700 bits per heavy atom. The molecule has 0 saturated heterocycles. The first-order valence-electron chi connectivity index (χ1n) is 9.41. The number of halogens is 4. The van der Waals surface area contributed by atoms with Gasteiger partial charge in [-0.1, -0.05) is 30.3 Å². The van der Waals surface area contributed by atoms with E-state index in [0.717, 1.165) is 39.7 Å². The van der Waals surface area contributed by atoms with E-state index in [4.69, 9.17) is 0 Å². The van der Waals surface area contributed by atoms with Gasteiger partial charge in [-0.05, 0) is 53.1 Å². The zero-order valence-corrected chi connectivity index (χ0v) is 15.6. The van der Waals surface area contributed by atoms with E-state index in [0.29, 0.717) is 10.9 Å². The molecule has 0 aliphatic rings. The molecule has 0 amide bonds. The monoisotopic (exact) mass is 408 g/mol. The predicted octanol–water partition coefficient (Wildman–Crippen LogP) is 6.99. The first-order chi connectivity index (χ1) is 14.4. The van der Waals surface area contributed by atoms with Gasteiger partial charge in [0.2, 0.25) is 0 Å². The van der Waals surface area contributed by atoms with Crippen molar-refractivity contribution in [2.45, 2.75) is 12.1 Å². The highest BCUT2D eigenvalue weighted by Gasteiger charge is 2.31. The molecule has 2 heterocycles. The van der Waals surface area contributed by atoms with Crippen molar-refractivity contribution in [2.24, 2.45) is 0 Å². The lowest BCUT2D eigenvalue weighted by atomic mass is 9.84. The Balaban J connectivity index is 1.75. The largest absolute Gasteiger partial charge is 0.416 e. The molecular weight excluding hydrogens is 392 g/mol. The lowest BCUT2D eigenvalue weighted by molar-refractivity contribution is -0.137. The van der Waals surface area contributed by atoms with Crippen LogP contribution in [0.5, 0.6) is 0 Å². The molecule has 2 nitrogen and oxygen atoms in total.